The van der Waals surface area contributed by atoms with Crippen LogP contribution in [0, 0.1) is 35.1 Å². The maximum absolute atomic E-state index is 3.42. The molecule has 0 radical (unpaired) electrons. The average molecular weight is 726 g/mol. The van der Waals surface area contributed by atoms with E-state index < -0.39 is 8.07 Å². The van der Waals surface area contributed by atoms with E-state index in [0.29, 0.717) is 0 Å². The van der Waals surface area contributed by atoms with Gasteiger partial charge in [0.2, 0.25) is 0 Å². The van der Waals surface area contributed by atoms with E-state index in [0.717, 1.165) is 40.9 Å². The first kappa shape index (κ1) is 43.8. The van der Waals surface area contributed by atoms with Gasteiger partial charge in [0.15, 0.2) is 0 Å². The highest BCUT2D eigenvalue weighted by Gasteiger charge is 2.08. The van der Waals surface area contributed by atoms with E-state index in [1.807, 2.05) is 0 Å². The van der Waals surface area contributed by atoms with Crippen LogP contribution >= 0.6 is 0 Å². The fourth-order valence-corrected chi connectivity index (χ4v) is 7.05. The molecule has 0 unspecified atom stereocenters. The number of rotatable bonds is 23. The Labute approximate surface area is 328 Å². The summed E-state index contributed by atoms with van der Waals surface area (Å²) in [5.74, 6) is 16.6. The number of benzene rings is 3. The molecule has 0 aliphatic heterocycles. The summed E-state index contributed by atoms with van der Waals surface area (Å²) >= 11 is 0. The van der Waals surface area contributed by atoms with Gasteiger partial charge in [0.1, 0.15) is 8.07 Å². The van der Waals surface area contributed by atoms with Gasteiger partial charge >= 0.3 is 0 Å². The molecular weight excluding hydrogens is 655 g/mol. The minimum atomic E-state index is -1.37. The summed E-state index contributed by atoms with van der Waals surface area (Å²) in [5.41, 5.74) is 9.89. The molecule has 0 amide bonds. The maximum atomic E-state index is 3.42. The summed E-state index contributed by atoms with van der Waals surface area (Å²) in [5, 5.41) is 0. The van der Waals surface area contributed by atoms with Crippen LogP contribution in [0.1, 0.15) is 170 Å². The second-order valence-corrected chi connectivity index (χ2v) is 20.8. The van der Waals surface area contributed by atoms with Crippen LogP contribution in [-0.4, -0.2) is 21.2 Å². The van der Waals surface area contributed by atoms with Crippen molar-refractivity contribution in [3.63, 3.8) is 0 Å². The number of unbranched alkanes of at least 4 members (excludes halogenated alkanes) is 18. The van der Waals surface area contributed by atoms with E-state index in [1.165, 1.54) is 134 Å². The number of anilines is 1. The van der Waals surface area contributed by atoms with Crippen LogP contribution < -0.4 is 4.90 Å². The van der Waals surface area contributed by atoms with Crippen LogP contribution in [0.25, 0.3) is 0 Å². The number of hydrogen-bond acceptors (Lipinski definition) is 1. The van der Waals surface area contributed by atoms with Crippen molar-refractivity contribution in [1.29, 1.82) is 0 Å². The molecule has 0 aromatic heterocycles. The van der Waals surface area contributed by atoms with E-state index in [-0.39, 0.29) is 0 Å². The van der Waals surface area contributed by atoms with Gasteiger partial charge < -0.3 is 4.90 Å². The normalized spacial score (nSPS) is 10.8. The minimum Gasteiger partial charge on any atom is -0.372 e. The Morgan fingerprint density at radius 1 is 0.358 bits per heavy atom. The van der Waals surface area contributed by atoms with Crippen LogP contribution in [0.5, 0.6) is 0 Å². The molecule has 0 bridgehead atoms. The molecule has 0 spiro atoms. The summed E-state index contributed by atoms with van der Waals surface area (Å²) in [6.45, 7) is 13.7. The van der Waals surface area contributed by atoms with Gasteiger partial charge in [0.05, 0.1) is 0 Å². The summed E-state index contributed by atoms with van der Waals surface area (Å²) in [7, 11) is -1.37. The Bertz CT molecular complexity index is 1550. The topological polar surface area (TPSA) is 3.24 Å². The third kappa shape index (κ3) is 21.0. The zero-order valence-electron chi connectivity index (χ0n) is 34.4. The standard InChI is InChI=1S/C51H71NSi/c1-6-8-10-12-14-16-18-20-22-24-43-52(44-25-23-21-19-17-15-13-11-9-7-2)51-40-38-49(39-41-51)33-32-47-28-26-46(27-29-47)30-31-48-34-36-50(37-35-48)42-45-53(3,4)5/h26-29,34-41H,6-25,43-44H2,1-5H3. The summed E-state index contributed by atoms with van der Waals surface area (Å²) < 4.78 is 0. The Kier molecular flexibility index (Phi) is 22.3. The highest BCUT2D eigenvalue weighted by atomic mass is 28.3. The van der Waals surface area contributed by atoms with Crippen LogP contribution in [0.3, 0.4) is 0 Å². The molecule has 3 aromatic rings. The zero-order valence-corrected chi connectivity index (χ0v) is 35.4. The molecule has 3 aromatic carbocycles. The predicted octanol–water partition coefficient (Wildman–Crippen LogP) is 14.4. The predicted molar refractivity (Wildman–Crippen MR) is 237 cm³/mol. The first-order valence-electron chi connectivity index (χ1n) is 21.5. The highest BCUT2D eigenvalue weighted by Crippen LogP contribution is 2.19. The molecule has 0 aliphatic rings. The second kappa shape index (κ2) is 27.0. The van der Waals surface area contributed by atoms with Crippen molar-refractivity contribution in [2.75, 3.05) is 18.0 Å². The van der Waals surface area contributed by atoms with Crippen LogP contribution in [0.15, 0.2) is 72.8 Å². The molecule has 0 saturated heterocycles. The Morgan fingerprint density at radius 3 is 0.925 bits per heavy atom. The molecule has 0 aliphatic carbocycles. The van der Waals surface area contributed by atoms with Crippen LogP contribution in [0.4, 0.5) is 5.69 Å². The third-order valence-electron chi connectivity index (χ3n) is 9.85. The van der Waals surface area contributed by atoms with E-state index in [1.54, 1.807) is 0 Å². The lowest BCUT2D eigenvalue weighted by Crippen LogP contribution is -2.25. The van der Waals surface area contributed by atoms with Gasteiger partial charge in [0.25, 0.3) is 0 Å². The number of hydrogen-bond donors (Lipinski definition) is 0. The van der Waals surface area contributed by atoms with E-state index in [2.05, 4.69) is 146 Å². The molecule has 0 saturated carbocycles. The lowest BCUT2D eigenvalue weighted by molar-refractivity contribution is 0.543. The molecule has 0 heterocycles. The fraction of sp³-hybridized carbons (Fsp3) is 0.529. The Balaban J connectivity index is 1.50. The van der Waals surface area contributed by atoms with Crippen molar-refractivity contribution in [1.82, 2.24) is 0 Å². The van der Waals surface area contributed by atoms with Crippen molar-refractivity contribution in [3.05, 3.63) is 101 Å². The molecule has 3 rings (SSSR count). The SMILES string of the molecule is CCCCCCCCCCCCN(CCCCCCCCCCCC)c1ccc(C#Cc2ccc(C#Cc3ccc(C#C[Si](C)(C)C)cc3)cc2)cc1. The minimum absolute atomic E-state index is 0.993. The monoisotopic (exact) mass is 726 g/mol. The molecule has 284 valence electrons. The van der Waals surface area contributed by atoms with Crippen LogP contribution in [-0.2, 0) is 0 Å². The zero-order chi connectivity index (χ0) is 37.8. The Hall–Kier alpha value is -3.64. The summed E-state index contributed by atoms with van der Waals surface area (Å²) in [4.78, 5) is 2.64. The maximum Gasteiger partial charge on any atom is 0.129 e. The first-order chi connectivity index (χ1) is 25.9. The van der Waals surface area contributed by atoms with E-state index in [4.69, 9.17) is 0 Å². The lowest BCUT2D eigenvalue weighted by Gasteiger charge is -2.25. The van der Waals surface area contributed by atoms with E-state index >= 15 is 0 Å². The third-order valence-corrected chi connectivity index (χ3v) is 10.7. The van der Waals surface area contributed by atoms with Gasteiger partial charge in [0, 0.05) is 46.6 Å². The van der Waals surface area contributed by atoms with Gasteiger partial charge in [-0.05, 0) is 85.6 Å². The Morgan fingerprint density at radius 2 is 0.623 bits per heavy atom. The molecule has 53 heavy (non-hydrogen) atoms. The van der Waals surface area contributed by atoms with Crippen molar-refractivity contribution >= 4 is 13.8 Å². The van der Waals surface area contributed by atoms with Crippen molar-refractivity contribution < 1.29 is 0 Å². The van der Waals surface area contributed by atoms with Gasteiger partial charge in [-0.1, -0.05) is 179 Å². The first-order valence-corrected chi connectivity index (χ1v) is 25.0. The highest BCUT2D eigenvalue weighted by molar-refractivity contribution is 6.83. The van der Waals surface area contributed by atoms with Crippen molar-refractivity contribution in [3.8, 4) is 35.1 Å². The van der Waals surface area contributed by atoms with Crippen LogP contribution in [0.2, 0.25) is 19.6 Å². The lowest BCUT2D eigenvalue weighted by atomic mass is 10.1. The van der Waals surface area contributed by atoms with E-state index in [9.17, 15) is 0 Å². The smallest absolute Gasteiger partial charge is 0.129 e. The molecule has 0 atom stereocenters. The van der Waals surface area contributed by atoms with Gasteiger partial charge in [-0.2, -0.15) is 0 Å². The van der Waals surface area contributed by atoms with Gasteiger partial charge in [-0.15, -0.1) is 5.54 Å². The summed E-state index contributed by atoms with van der Waals surface area (Å²) in [6.07, 6.45) is 27.7. The molecule has 0 fully saturated rings. The summed E-state index contributed by atoms with van der Waals surface area (Å²) in [6, 6.07) is 25.5. The average Bonchev–Trinajstić information content (AvgIpc) is 3.17. The quantitative estimate of drug-likeness (QED) is 0.0534. The molecule has 1 nitrogen and oxygen atoms in total. The largest absolute Gasteiger partial charge is 0.372 e. The molecular formula is C51H71NSi. The molecule has 2 heteroatoms. The van der Waals surface area contributed by atoms with Gasteiger partial charge in [-0.3, -0.25) is 0 Å². The molecule has 0 N–H and O–H groups in total. The fourth-order valence-electron chi connectivity index (χ4n) is 6.53. The number of nitrogens with zero attached hydrogens (tertiary/aromatic N) is 1. The van der Waals surface area contributed by atoms with Crippen molar-refractivity contribution in [2.45, 2.75) is 162 Å². The second-order valence-electron chi connectivity index (χ2n) is 16.1. The van der Waals surface area contributed by atoms with Crippen molar-refractivity contribution in [2.24, 2.45) is 0 Å². The van der Waals surface area contributed by atoms with Gasteiger partial charge in [-0.25, -0.2) is 0 Å².